The highest BCUT2D eigenvalue weighted by Gasteiger charge is 2.01. The van der Waals surface area contributed by atoms with Crippen molar-refractivity contribution in [2.45, 2.75) is 6.61 Å². The topological polar surface area (TPSA) is 26.3 Å². The summed E-state index contributed by atoms with van der Waals surface area (Å²) in [6, 6.07) is 21.4. The number of hydrogen-bond acceptors (Lipinski definition) is 2. The van der Waals surface area contributed by atoms with Crippen LogP contribution in [-0.4, -0.2) is 6.29 Å². The average Bonchev–Trinajstić information content (AvgIpc) is 2.53. The molecule has 0 saturated carbocycles. The van der Waals surface area contributed by atoms with Gasteiger partial charge in [-0.05, 0) is 40.6 Å². The van der Waals surface area contributed by atoms with Gasteiger partial charge in [0.05, 0.1) is 0 Å². The Morgan fingerprint density at radius 1 is 0.850 bits per heavy atom. The molecule has 0 unspecified atom stereocenters. The van der Waals surface area contributed by atoms with Crippen LogP contribution in [0.25, 0.3) is 10.8 Å². The van der Waals surface area contributed by atoms with E-state index in [0.29, 0.717) is 12.2 Å². The van der Waals surface area contributed by atoms with Crippen LogP contribution in [0.5, 0.6) is 5.75 Å². The van der Waals surface area contributed by atoms with E-state index in [9.17, 15) is 4.79 Å². The van der Waals surface area contributed by atoms with Gasteiger partial charge in [-0.15, -0.1) is 0 Å². The normalized spacial score (nSPS) is 10.4. The average molecular weight is 261 g/mol. The van der Waals surface area contributed by atoms with Gasteiger partial charge in [0.1, 0.15) is 12.4 Å². The maximum atomic E-state index is 10.5. The molecule has 0 aliphatic rings. The highest BCUT2D eigenvalue weighted by atomic mass is 16.5. The molecular weight excluding hydrogens is 248 g/mol. The largest absolute Gasteiger partial charge is 0.489 e. The van der Waals surface area contributed by atoms with Crippen LogP contribution in [-0.2, 0) is 11.4 Å². The predicted molar refractivity (Wildman–Crippen MR) is 79.5 cm³/mol. The zero-order valence-corrected chi connectivity index (χ0v) is 10.9. The van der Waals surface area contributed by atoms with Crippen LogP contribution in [0.2, 0.25) is 0 Å². The molecule has 2 nitrogen and oxygen atoms in total. The van der Waals surface area contributed by atoms with Gasteiger partial charge < -0.3 is 4.74 Å². The predicted octanol–water partition coefficient (Wildman–Crippen LogP) is 3.88. The second-order valence-electron chi connectivity index (χ2n) is 4.55. The minimum Gasteiger partial charge on any atom is -0.489 e. The van der Waals surface area contributed by atoms with Crippen molar-refractivity contribution >= 4 is 17.1 Å². The number of benzene rings is 3. The van der Waals surface area contributed by atoms with E-state index in [0.717, 1.165) is 11.3 Å². The van der Waals surface area contributed by atoms with Gasteiger partial charge in [0.2, 0.25) is 6.29 Å². The van der Waals surface area contributed by atoms with Gasteiger partial charge in [0.15, 0.2) is 0 Å². The smallest absolute Gasteiger partial charge is 0.233 e. The fourth-order valence-corrected chi connectivity index (χ4v) is 2.20. The van der Waals surface area contributed by atoms with Crippen LogP contribution < -0.4 is 4.74 Å². The van der Waals surface area contributed by atoms with Crippen LogP contribution in [0, 0.1) is 0 Å². The molecule has 0 saturated heterocycles. The SMILES string of the molecule is O=[C]c1ccc(OCc2cccc3ccccc23)cc1. The van der Waals surface area contributed by atoms with Crippen LogP contribution in [0.1, 0.15) is 11.1 Å². The van der Waals surface area contributed by atoms with Gasteiger partial charge in [-0.1, -0.05) is 42.5 Å². The molecule has 0 aromatic heterocycles. The van der Waals surface area contributed by atoms with Crippen molar-refractivity contribution < 1.29 is 9.53 Å². The summed E-state index contributed by atoms with van der Waals surface area (Å²) in [5.41, 5.74) is 1.68. The number of hydrogen-bond donors (Lipinski definition) is 0. The van der Waals surface area contributed by atoms with E-state index in [1.807, 2.05) is 24.5 Å². The standard InChI is InChI=1S/C18H13O2/c19-12-14-8-10-17(11-9-14)20-13-16-6-3-5-15-4-1-2-7-18(15)16/h1-11H,13H2. The fraction of sp³-hybridized carbons (Fsp3) is 0.0556. The lowest BCUT2D eigenvalue weighted by Gasteiger charge is -2.09. The van der Waals surface area contributed by atoms with Crippen LogP contribution >= 0.6 is 0 Å². The van der Waals surface area contributed by atoms with E-state index in [4.69, 9.17) is 4.74 Å². The second-order valence-corrected chi connectivity index (χ2v) is 4.55. The Balaban J connectivity index is 1.81. The quantitative estimate of drug-likeness (QED) is 0.712. The molecule has 20 heavy (non-hydrogen) atoms. The molecule has 0 spiro atoms. The van der Waals surface area contributed by atoms with Crippen molar-refractivity contribution in [3.8, 4) is 5.75 Å². The van der Waals surface area contributed by atoms with E-state index >= 15 is 0 Å². The van der Waals surface area contributed by atoms with Crippen molar-refractivity contribution in [3.63, 3.8) is 0 Å². The molecule has 3 aromatic carbocycles. The summed E-state index contributed by atoms with van der Waals surface area (Å²) < 4.78 is 5.77. The summed E-state index contributed by atoms with van der Waals surface area (Å²) in [5.74, 6) is 0.747. The monoisotopic (exact) mass is 261 g/mol. The molecule has 0 aliphatic heterocycles. The van der Waals surface area contributed by atoms with Crippen LogP contribution in [0.15, 0.2) is 66.7 Å². The Kier molecular flexibility index (Phi) is 3.46. The minimum absolute atomic E-state index is 0.505. The molecule has 0 heterocycles. The third-order valence-electron chi connectivity index (χ3n) is 3.25. The summed E-state index contributed by atoms with van der Waals surface area (Å²) >= 11 is 0. The maximum absolute atomic E-state index is 10.5. The highest BCUT2D eigenvalue weighted by molar-refractivity contribution is 5.85. The van der Waals surface area contributed by atoms with E-state index in [1.54, 1.807) is 24.3 Å². The molecule has 3 aromatic rings. The lowest BCUT2D eigenvalue weighted by Crippen LogP contribution is -1.96. The third kappa shape index (κ3) is 2.54. The summed E-state index contributed by atoms with van der Waals surface area (Å²) in [5, 5.41) is 2.41. The number of rotatable bonds is 4. The first kappa shape index (κ1) is 12.4. The molecule has 0 fully saturated rings. The molecule has 0 amide bonds. The van der Waals surface area contributed by atoms with Crippen LogP contribution in [0.4, 0.5) is 0 Å². The molecule has 0 N–H and O–H groups in total. The summed E-state index contributed by atoms with van der Waals surface area (Å²) in [6.07, 6.45) is 1.85. The fourth-order valence-electron chi connectivity index (χ4n) is 2.20. The Bertz CT molecular complexity index is 724. The highest BCUT2D eigenvalue weighted by Crippen LogP contribution is 2.20. The first-order valence-electron chi connectivity index (χ1n) is 6.44. The third-order valence-corrected chi connectivity index (χ3v) is 3.25. The van der Waals surface area contributed by atoms with E-state index in [-0.39, 0.29) is 0 Å². The van der Waals surface area contributed by atoms with Crippen molar-refractivity contribution in [3.05, 3.63) is 77.9 Å². The maximum Gasteiger partial charge on any atom is 0.233 e. The minimum atomic E-state index is 0.505. The summed E-state index contributed by atoms with van der Waals surface area (Å²) in [7, 11) is 0. The molecule has 0 atom stereocenters. The Morgan fingerprint density at radius 2 is 1.60 bits per heavy atom. The van der Waals surface area contributed by atoms with Gasteiger partial charge in [-0.25, -0.2) is 0 Å². The van der Waals surface area contributed by atoms with Gasteiger partial charge in [0, 0.05) is 5.56 Å². The molecule has 0 bridgehead atoms. The lowest BCUT2D eigenvalue weighted by molar-refractivity contribution is 0.307. The number of ether oxygens (including phenoxy) is 1. The van der Waals surface area contributed by atoms with Gasteiger partial charge in [0.25, 0.3) is 0 Å². The van der Waals surface area contributed by atoms with Gasteiger partial charge in [-0.2, -0.15) is 0 Å². The Labute approximate surface area is 117 Å². The van der Waals surface area contributed by atoms with Crippen molar-refractivity contribution in [2.75, 3.05) is 0 Å². The van der Waals surface area contributed by atoms with Crippen molar-refractivity contribution in [1.82, 2.24) is 0 Å². The molecular formula is C18H13O2. The van der Waals surface area contributed by atoms with E-state index in [1.165, 1.54) is 10.8 Å². The number of fused-ring (bicyclic) bond motifs is 1. The van der Waals surface area contributed by atoms with E-state index in [2.05, 4.69) is 24.3 Å². The summed E-state index contributed by atoms with van der Waals surface area (Å²) in [4.78, 5) is 10.5. The lowest BCUT2D eigenvalue weighted by atomic mass is 10.1. The Morgan fingerprint density at radius 3 is 2.40 bits per heavy atom. The zero-order chi connectivity index (χ0) is 13.8. The van der Waals surface area contributed by atoms with E-state index < -0.39 is 0 Å². The molecule has 97 valence electrons. The van der Waals surface area contributed by atoms with Crippen LogP contribution in [0.3, 0.4) is 0 Å². The van der Waals surface area contributed by atoms with Crippen molar-refractivity contribution in [2.24, 2.45) is 0 Å². The Hall–Kier alpha value is -2.61. The van der Waals surface area contributed by atoms with Gasteiger partial charge in [-0.3, -0.25) is 4.79 Å². The molecule has 1 radical (unpaired) electrons. The van der Waals surface area contributed by atoms with Gasteiger partial charge >= 0.3 is 0 Å². The first-order valence-corrected chi connectivity index (χ1v) is 6.44. The summed E-state index contributed by atoms with van der Waals surface area (Å²) in [6.45, 7) is 0.505. The second kappa shape index (κ2) is 5.57. The molecule has 2 heteroatoms. The zero-order valence-electron chi connectivity index (χ0n) is 10.9. The first-order chi connectivity index (χ1) is 9.86. The molecule has 3 rings (SSSR count). The molecule has 0 aliphatic carbocycles. The van der Waals surface area contributed by atoms with Crippen molar-refractivity contribution in [1.29, 1.82) is 0 Å². The number of carbonyl (C=O) groups excluding carboxylic acids is 1.